The van der Waals surface area contributed by atoms with Gasteiger partial charge in [0.2, 0.25) is 0 Å². The van der Waals surface area contributed by atoms with Crippen molar-refractivity contribution >= 4 is 22.8 Å². The van der Waals surface area contributed by atoms with Crippen molar-refractivity contribution in [1.29, 1.82) is 0 Å². The molecule has 6 rings (SSSR count). The molecule has 0 unspecified atom stereocenters. The highest BCUT2D eigenvalue weighted by Crippen LogP contribution is 2.38. The van der Waals surface area contributed by atoms with Gasteiger partial charge in [-0.1, -0.05) is 23.3 Å². The summed E-state index contributed by atoms with van der Waals surface area (Å²) >= 11 is 0. The average molecular weight is 620 g/mol. The van der Waals surface area contributed by atoms with E-state index in [0.29, 0.717) is 48.3 Å². The van der Waals surface area contributed by atoms with Gasteiger partial charge in [-0.15, -0.1) is 5.10 Å². The van der Waals surface area contributed by atoms with E-state index in [0.717, 1.165) is 41.4 Å². The first kappa shape index (κ1) is 29.9. The second kappa shape index (κ2) is 11.1. The molecular weight excluding hydrogens is 588 g/mol. The van der Waals surface area contributed by atoms with Crippen molar-refractivity contribution in [1.82, 2.24) is 29.7 Å². The van der Waals surface area contributed by atoms with Gasteiger partial charge in [0.1, 0.15) is 5.69 Å². The molecular formula is C30H31F6N7O. The van der Waals surface area contributed by atoms with E-state index < -0.39 is 30.0 Å². The molecule has 2 aromatic heterocycles. The Morgan fingerprint density at radius 3 is 2.00 bits per heavy atom. The summed E-state index contributed by atoms with van der Waals surface area (Å²) in [6.45, 7) is 0.836. The third kappa shape index (κ3) is 6.39. The van der Waals surface area contributed by atoms with Crippen LogP contribution in [0.15, 0.2) is 42.5 Å². The number of rotatable bonds is 10. The Kier molecular flexibility index (Phi) is 7.57. The van der Waals surface area contributed by atoms with Gasteiger partial charge in [0, 0.05) is 49.7 Å². The molecule has 0 radical (unpaired) electrons. The number of amides is 1. The third-order valence-electron chi connectivity index (χ3n) is 8.20. The lowest BCUT2D eigenvalue weighted by Gasteiger charge is -2.26. The SMILES string of the molecule is Cn1nnc(N(Cc2cc(C(F)(F)F)cc(C(F)(F)F)c2)Cc2c(C(=O)N(CC3CC3)CC3CC3)n(C)c3ccccc23)n1. The van der Waals surface area contributed by atoms with Gasteiger partial charge in [-0.2, -0.15) is 31.1 Å². The Morgan fingerprint density at radius 2 is 1.48 bits per heavy atom. The van der Waals surface area contributed by atoms with Crippen LogP contribution in [0.5, 0.6) is 0 Å². The second-order valence-corrected chi connectivity index (χ2v) is 11.8. The molecule has 2 saturated carbocycles. The van der Waals surface area contributed by atoms with Crippen LogP contribution in [-0.2, 0) is 39.5 Å². The molecule has 2 aromatic carbocycles. The molecule has 0 atom stereocenters. The number of aromatic nitrogens is 5. The molecule has 234 valence electrons. The van der Waals surface area contributed by atoms with Crippen LogP contribution in [0.1, 0.15) is 58.4 Å². The standard InChI is InChI=1S/C30H31F6N7O/c1-40-25-6-4-3-5-23(25)24(26(40)27(44)42(14-18-7-8-18)15-19-9-10-19)17-43(28-37-39-41(2)38-28)16-20-11-21(29(31,32)33)13-22(12-20)30(34,35)36/h3-6,11-13,18-19H,7-10,14-17H2,1-2H3. The minimum atomic E-state index is -4.99. The lowest BCUT2D eigenvalue weighted by molar-refractivity contribution is -0.143. The van der Waals surface area contributed by atoms with Crippen LogP contribution in [0.3, 0.4) is 0 Å². The Bertz CT molecular complexity index is 1640. The number of benzene rings is 2. The van der Waals surface area contributed by atoms with E-state index in [-0.39, 0.29) is 30.0 Å². The summed E-state index contributed by atoms with van der Waals surface area (Å²) in [4.78, 5) is 18.8. The normalized spacial score (nSPS) is 15.6. The number of hydrogen-bond acceptors (Lipinski definition) is 5. The number of carbonyl (C=O) groups is 1. The van der Waals surface area contributed by atoms with Crippen LogP contribution in [0.25, 0.3) is 10.9 Å². The summed E-state index contributed by atoms with van der Waals surface area (Å²) in [5.41, 5.74) is -1.29. The number of aryl methyl sites for hydroxylation is 2. The number of tetrazole rings is 1. The molecule has 0 aliphatic heterocycles. The maximum absolute atomic E-state index is 14.3. The molecule has 0 bridgehead atoms. The van der Waals surface area contributed by atoms with E-state index in [1.165, 1.54) is 11.9 Å². The van der Waals surface area contributed by atoms with Crippen molar-refractivity contribution in [3.63, 3.8) is 0 Å². The van der Waals surface area contributed by atoms with Crippen LogP contribution in [0.4, 0.5) is 32.3 Å². The van der Waals surface area contributed by atoms with Crippen molar-refractivity contribution in [3.05, 3.63) is 70.4 Å². The topological polar surface area (TPSA) is 72.1 Å². The van der Waals surface area contributed by atoms with Gasteiger partial charge < -0.3 is 14.4 Å². The van der Waals surface area contributed by atoms with E-state index in [2.05, 4.69) is 15.4 Å². The van der Waals surface area contributed by atoms with E-state index in [4.69, 9.17) is 0 Å². The molecule has 2 heterocycles. The molecule has 8 nitrogen and oxygen atoms in total. The first-order chi connectivity index (χ1) is 20.8. The van der Waals surface area contributed by atoms with Crippen LogP contribution in [0, 0.1) is 11.8 Å². The molecule has 0 N–H and O–H groups in total. The number of carbonyl (C=O) groups excluding carboxylic acids is 1. The molecule has 0 spiro atoms. The maximum Gasteiger partial charge on any atom is 0.416 e. The van der Waals surface area contributed by atoms with Crippen LogP contribution in [0.2, 0.25) is 0 Å². The fourth-order valence-corrected chi connectivity index (χ4v) is 5.64. The summed E-state index contributed by atoms with van der Waals surface area (Å²) in [5.74, 6) is 0.764. The maximum atomic E-state index is 14.3. The number of para-hydroxylation sites is 1. The van der Waals surface area contributed by atoms with Gasteiger partial charge in [0.15, 0.2) is 0 Å². The Morgan fingerprint density at radius 1 is 0.886 bits per heavy atom. The van der Waals surface area contributed by atoms with Crippen molar-refractivity contribution in [2.45, 2.75) is 51.1 Å². The summed E-state index contributed by atoms with van der Waals surface area (Å²) in [6, 6.07) is 8.87. The fourth-order valence-electron chi connectivity index (χ4n) is 5.64. The molecule has 44 heavy (non-hydrogen) atoms. The van der Waals surface area contributed by atoms with Crippen molar-refractivity contribution in [3.8, 4) is 0 Å². The number of halogens is 6. The minimum absolute atomic E-state index is 0.00220. The lowest BCUT2D eigenvalue weighted by Crippen LogP contribution is -2.37. The van der Waals surface area contributed by atoms with E-state index >= 15 is 0 Å². The predicted molar refractivity (Wildman–Crippen MR) is 149 cm³/mol. The second-order valence-electron chi connectivity index (χ2n) is 11.8. The minimum Gasteiger partial charge on any atom is -0.339 e. The first-order valence-corrected chi connectivity index (χ1v) is 14.4. The third-order valence-corrected chi connectivity index (χ3v) is 8.20. The lowest BCUT2D eigenvalue weighted by atomic mass is 10.0. The Hall–Kier alpha value is -4.10. The highest BCUT2D eigenvalue weighted by atomic mass is 19.4. The summed E-state index contributed by atoms with van der Waals surface area (Å²) in [5, 5.41) is 12.8. The Balaban J connectivity index is 1.43. The highest BCUT2D eigenvalue weighted by Gasteiger charge is 2.38. The van der Waals surface area contributed by atoms with Crippen LogP contribution in [-0.4, -0.2) is 48.7 Å². The predicted octanol–water partition coefficient (Wildman–Crippen LogP) is 6.21. The molecule has 0 saturated heterocycles. The largest absolute Gasteiger partial charge is 0.416 e. The monoisotopic (exact) mass is 619 g/mol. The van der Waals surface area contributed by atoms with E-state index in [1.54, 1.807) is 7.05 Å². The molecule has 2 fully saturated rings. The fraction of sp³-hybridized carbons (Fsp3) is 0.467. The zero-order valence-corrected chi connectivity index (χ0v) is 24.2. The quantitative estimate of drug-likeness (QED) is 0.198. The molecule has 1 amide bonds. The van der Waals surface area contributed by atoms with Gasteiger partial charge in [0.25, 0.3) is 11.9 Å². The van der Waals surface area contributed by atoms with E-state index in [9.17, 15) is 31.1 Å². The molecule has 2 aliphatic carbocycles. The van der Waals surface area contributed by atoms with Crippen molar-refractivity contribution in [2.75, 3.05) is 18.0 Å². The number of hydrogen-bond donors (Lipinski definition) is 0. The number of nitrogens with zero attached hydrogens (tertiary/aromatic N) is 7. The van der Waals surface area contributed by atoms with Gasteiger partial charge in [-0.05, 0) is 72.6 Å². The molecule has 14 heteroatoms. The average Bonchev–Trinajstić information content (AvgIpc) is 3.89. The van der Waals surface area contributed by atoms with Crippen LogP contribution < -0.4 is 4.90 Å². The van der Waals surface area contributed by atoms with E-state index in [1.807, 2.05) is 33.7 Å². The van der Waals surface area contributed by atoms with Crippen LogP contribution >= 0.6 is 0 Å². The zero-order chi connectivity index (χ0) is 31.4. The van der Waals surface area contributed by atoms with Gasteiger partial charge in [0.05, 0.1) is 18.2 Å². The summed E-state index contributed by atoms with van der Waals surface area (Å²) in [7, 11) is 3.29. The zero-order valence-electron chi connectivity index (χ0n) is 24.2. The summed E-state index contributed by atoms with van der Waals surface area (Å²) < 4.78 is 83.8. The highest BCUT2D eigenvalue weighted by molar-refractivity contribution is 6.02. The number of alkyl halides is 6. The number of fused-ring (bicyclic) bond motifs is 1. The number of anilines is 1. The summed E-state index contributed by atoms with van der Waals surface area (Å²) in [6.07, 6.45) is -5.71. The Labute approximate surface area is 249 Å². The molecule has 2 aliphatic rings. The van der Waals surface area contributed by atoms with Crippen molar-refractivity contribution < 1.29 is 31.1 Å². The smallest absolute Gasteiger partial charge is 0.339 e. The van der Waals surface area contributed by atoms with Crippen molar-refractivity contribution in [2.24, 2.45) is 25.9 Å². The van der Waals surface area contributed by atoms with Gasteiger partial charge in [-0.25, -0.2) is 0 Å². The first-order valence-electron chi connectivity index (χ1n) is 14.4. The molecule has 4 aromatic rings. The van der Waals surface area contributed by atoms with Gasteiger partial charge in [-0.3, -0.25) is 4.79 Å². The van der Waals surface area contributed by atoms with Gasteiger partial charge >= 0.3 is 12.4 Å².